The van der Waals surface area contributed by atoms with Gasteiger partial charge in [0.1, 0.15) is 5.82 Å². The van der Waals surface area contributed by atoms with E-state index in [4.69, 9.17) is 0 Å². The average Bonchev–Trinajstić information content (AvgIpc) is 3.20. The summed E-state index contributed by atoms with van der Waals surface area (Å²) in [7, 11) is 2.90. The van der Waals surface area contributed by atoms with Crippen LogP contribution < -0.4 is 16.6 Å². The van der Waals surface area contributed by atoms with Gasteiger partial charge in [-0.15, -0.1) is 0 Å². The van der Waals surface area contributed by atoms with Crippen LogP contribution in [0.4, 0.5) is 10.1 Å². The molecule has 0 saturated heterocycles. The number of Topliss-reactive ketones (excluding diaryl/α,β-unsaturated/α-hetero) is 1. The number of benzene rings is 2. The second-order valence-corrected chi connectivity index (χ2v) is 8.90. The van der Waals surface area contributed by atoms with Gasteiger partial charge in [0.15, 0.2) is 22.1 Å². The van der Waals surface area contributed by atoms with Gasteiger partial charge < -0.3 is 9.88 Å². The van der Waals surface area contributed by atoms with Crippen molar-refractivity contribution in [3.05, 3.63) is 86.3 Å². The average molecular weight is 496 g/mol. The minimum atomic E-state index is -0.516. The fraction of sp³-hybridized carbons (Fsp3) is 0.208. The van der Waals surface area contributed by atoms with Crippen molar-refractivity contribution in [3.8, 4) is 0 Å². The summed E-state index contributed by atoms with van der Waals surface area (Å²) in [5.41, 5.74) is 1.18. The van der Waals surface area contributed by atoms with Gasteiger partial charge in [0, 0.05) is 25.3 Å². The third-order valence-corrected chi connectivity index (χ3v) is 6.45. The molecule has 9 nitrogen and oxygen atoms in total. The molecule has 2 aromatic carbocycles. The van der Waals surface area contributed by atoms with Gasteiger partial charge in [-0.3, -0.25) is 23.5 Å². The zero-order valence-corrected chi connectivity index (χ0v) is 20.1. The Morgan fingerprint density at radius 3 is 2.29 bits per heavy atom. The van der Waals surface area contributed by atoms with Crippen LogP contribution in [0, 0.1) is 5.82 Å². The SMILES string of the molecule is CC(=O)c1ccc(NC(=O)CSc2nc3c(c(=O)n(C)c(=O)n3C)n2Cc2ccc(F)cc2)cc1. The van der Waals surface area contributed by atoms with Crippen LogP contribution in [0.2, 0.25) is 0 Å². The Kier molecular flexibility index (Phi) is 6.70. The number of ketones is 1. The Balaban J connectivity index is 1.64. The molecule has 0 aliphatic rings. The van der Waals surface area contributed by atoms with Crippen LogP contribution in [0.25, 0.3) is 11.2 Å². The standard InChI is InChI=1S/C24H22FN5O4S/c1-14(31)16-6-10-18(11-7-16)26-19(32)13-35-23-27-21-20(22(33)29(3)24(34)28(21)2)30(23)12-15-4-8-17(25)9-5-15/h4-11H,12-13H2,1-3H3,(H,26,32). The van der Waals surface area contributed by atoms with Gasteiger partial charge in [-0.25, -0.2) is 14.2 Å². The van der Waals surface area contributed by atoms with Crippen LogP contribution >= 0.6 is 11.8 Å². The highest BCUT2D eigenvalue weighted by Gasteiger charge is 2.20. The second kappa shape index (κ2) is 9.71. The van der Waals surface area contributed by atoms with Gasteiger partial charge in [-0.1, -0.05) is 23.9 Å². The molecule has 2 heterocycles. The molecule has 1 N–H and O–H groups in total. The van der Waals surface area contributed by atoms with E-state index in [9.17, 15) is 23.6 Å². The number of thioether (sulfide) groups is 1. The number of imidazole rings is 1. The Bertz CT molecular complexity index is 1550. The van der Waals surface area contributed by atoms with E-state index in [0.29, 0.717) is 16.4 Å². The minimum absolute atomic E-state index is 0.0184. The van der Waals surface area contributed by atoms with Crippen molar-refractivity contribution in [2.75, 3.05) is 11.1 Å². The van der Waals surface area contributed by atoms with Crippen LogP contribution in [0.15, 0.2) is 63.3 Å². The van der Waals surface area contributed by atoms with Crippen molar-refractivity contribution in [2.45, 2.75) is 18.6 Å². The molecule has 4 rings (SSSR count). The van der Waals surface area contributed by atoms with E-state index in [1.807, 2.05) is 0 Å². The normalized spacial score (nSPS) is 11.1. The molecule has 2 aromatic heterocycles. The van der Waals surface area contributed by atoms with E-state index in [-0.39, 0.29) is 41.0 Å². The summed E-state index contributed by atoms with van der Waals surface area (Å²) >= 11 is 1.11. The van der Waals surface area contributed by atoms with Crippen LogP contribution in [-0.2, 0) is 25.4 Å². The second-order valence-electron chi connectivity index (χ2n) is 7.96. The van der Waals surface area contributed by atoms with Gasteiger partial charge in [0.05, 0.1) is 12.3 Å². The van der Waals surface area contributed by atoms with Crippen LogP contribution in [0.5, 0.6) is 0 Å². The number of anilines is 1. The molecule has 4 aromatic rings. The minimum Gasteiger partial charge on any atom is -0.325 e. The Labute approximate surface area is 203 Å². The summed E-state index contributed by atoms with van der Waals surface area (Å²) in [5, 5.41) is 3.12. The van der Waals surface area contributed by atoms with Crippen molar-refractivity contribution in [3.63, 3.8) is 0 Å². The van der Waals surface area contributed by atoms with Crippen LogP contribution in [-0.4, -0.2) is 36.1 Å². The summed E-state index contributed by atoms with van der Waals surface area (Å²) in [6.45, 7) is 1.66. The number of hydrogen-bond donors (Lipinski definition) is 1. The number of nitrogens with one attached hydrogen (secondary N) is 1. The van der Waals surface area contributed by atoms with E-state index in [1.54, 1.807) is 41.0 Å². The zero-order chi connectivity index (χ0) is 25.3. The van der Waals surface area contributed by atoms with E-state index in [0.717, 1.165) is 21.9 Å². The predicted octanol–water partition coefficient (Wildman–Crippen LogP) is 2.55. The molecular formula is C24H22FN5O4S. The number of carbonyl (C=O) groups excluding carboxylic acids is 2. The highest BCUT2D eigenvalue weighted by Crippen LogP contribution is 2.23. The lowest BCUT2D eigenvalue weighted by atomic mass is 10.1. The molecule has 0 aliphatic heterocycles. The number of amides is 1. The number of aromatic nitrogens is 4. The zero-order valence-electron chi connectivity index (χ0n) is 19.2. The Hall–Kier alpha value is -3.99. The van der Waals surface area contributed by atoms with Crippen molar-refractivity contribution in [2.24, 2.45) is 14.1 Å². The van der Waals surface area contributed by atoms with Gasteiger partial charge in [-0.2, -0.15) is 0 Å². The molecular weight excluding hydrogens is 473 g/mol. The number of halogens is 1. The lowest BCUT2D eigenvalue weighted by molar-refractivity contribution is -0.113. The fourth-order valence-corrected chi connectivity index (χ4v) is 4.37. The molecule has 0 aliphatic carbocycles. The molecule has 1 amide bonds. The Morgan fingerprint density at radius 2 is 1.66 bits per heavy atom. The number of rotatable bonds is 7. The Morgan fingerprint density at radius 1 is 1.00 bits per heavy atom. The molecule has 0 spiro atoms. The van der Waals surface area contributed by atoms with Gasteiger partial charge >= 0.3 is 5.69 Å². The number of carbonyl (C=O) groups is 2. The first-order valence-corrected chi connectivity index (χ1v) is 11.6. The van der Waals surface area contributed by atoms with Gasteiger partial charge in [0.2, 0.25) is 5.91 Å². The predicted molar refractivity (Wildman–Crippen MR) is 132 cm³/mol. The number of fused-ring (bicyclic) bond motifs is 1. The van der Waals surface area contributed by atoms with Crippen molar-refractivity contribution in [1.29, 1.82) is 0 Å². The maximum Gasteiger partial charge on any atom is 0.332 e. The quantitative estimate of drug-likeness (QED) is 0.312. The maximum absolute atomic E-state index is 13.4. The summed E-state index contributed by atoms with van der Waals surface area (Å²) in [6.07, 6.45) is 0. The van der Waals surface area contributed by atoms with Crippen LogP contribution in [0.3, 0.4) is 0 Å². The molecule has 0 bridgehead atoms. The number of aryl methyl sites for hydroxylation is 1. The molecule has 0 saturated carbocycles. The van der Waals surface area contributed by atoms with E-state index in [1.165, 1.54) is 37.7 Å². The monoisotopic (exact) mass is 495 g/mol. The van der Waals surface area contributed by atoms with Gasteiger partial charge in [-0.05, 0) is 48.9 Å². The van der Waals surface area contributed by atoms with E-state index < -0.39 is 11.2 Å². The summed E-state index contributed by atoms with van der Waals surface area (Å²) in [5.74, 6) is -0.785. The summed E-state index contributed by atoms with van der Waals surface area (Å²) < 4.78 is 17.3. The number of hydrogen-bond acceptors (Lipinski definition) is 6. The summed E-state index contributed by atoms with van der Waals surface area (Å²) in [4.78, 5) is 53.8. The van der Waals surface area contributed by atoms with Crippen LogP contribution in [0.1, 0.15) is 22.8 Å². The highest BCUT2D eigenvalue weighted by atomic mass is 32.2. The van der Waals surface area contributed by atoms with E-state index >= 15 is 0 Å². The first kappa shape index (κ1) is 24.1. The third-order valence-electron chi connectivity index (χ3n) is 5.47. The van der Waals surface area contributed by atoms with Crippen molar-refractivity contribution >= 4 is 40.3 Å². The molecule has 0 fully saturated rings. The lowest BCUT2D eigenvalue weighted by Crippen LogP contribution is -2.37. The fourth-order valence-electron chi connectivity index (χ4n) is 3.57. The first-order valence-electron chi connectivity index (χ1n) is 10.6. The molecule has 0 atom stereocenters. The van der Waals surface area contributed by atoms with Gasteiger partial charge in [0.25, 0.3) is 5.56 Å². The number of nitrogens with zero attached hydrogens (tertiary/aromatic N) is 4. The molecule has 35 heavy (non-hydrogen) atoms. The first-order chi connectivity index (χ1) is 16.7. The smallest absolute Gasteiger partial charge is 0.325 e. The topological polar surface area (TPSA) is 108 Å². The third kappa shape index (κ3) is 4.94. The maximum atomic E-state index is 13.4. The van der Waals surface area contributed by atoms with Crippen molar-refractivity contribution in [1.82, 2.24) is 18.7 Å². The lowest BCUT2D eigenvalue weighted by Gasteiger charge is -2.10. The molecule has 11 heteroatoms. The highest BCUT2D eigenvalue weighted by molar-refractivity contribution is 7.99. The molecule has 0 radical (unpaired) electrons. The molecule has 180 valence electrons. The van der Waals surface area contributed by atoms with Crippen molar-refractivity contribution < 1.29 is 14.0 Å². The van der Waals surface area contributed by atoms with E-state index in [2.05, 4.69) is 10.3 Å². The molecule has 0 unspecified atom stereocenters. The summed E-state index contributed by atoms with van der Waals surface area (Å²) in [6, 6.07) is 12.4. The largest absolute Gasteiger partial charge is 0.332 e.